The van der Waals surface area contributed by atoms with Crippen molar-refractivity contribution in [2.24, 2.45) is 33.7 Å². The van der Waals surface area contributed by atoms with Crippen LogP contribution in [0, 0.1) is 42.2 Å². The van der Waals surface area contributed by atoms with Crippen LogP contribution in [0.15, 0.2) is 94.7 Å². The second-order valence-corrected chi connectivity index (χ2v) is 19.5. The van der Waals surface area contributed by atoms with E-state index < -0.39 is 112 Å². The van der Waals surface area contributed by atoms with Gasteiger partial charge in [-0.05, 0) is 55.3 Å². The second-order valence-electron chi connectivity index (χ2n) is 19.5. The Kier molecular flexibility index (Phi) is 14.0. The predicted octanol–water partition coefficient (Wildman–Crippen LogP) is 7.14. The smallest absolute Gasteiger partial charge is 0.312 e. The Labute approximate surface area is 409 Å². The summed E-state index contributed by atoms with van der Waals surface area (Å²) in [4.78, 5) is 52.3. The van der Waals surface area contributed by atoms with Gasteiger partial charge in [0.25, 0.3) is 11.7 Å². The maximum absolute atomic E-state index is 15.0. The highest BCUT2D eigenvalue weighted by molar-refractivity contribution is 6.19. The molecule has 1 fully saturated rings. The van der Waals surface area contributed by atoms with E-state index in [1.54, 1.807) is 64.1 Å². The average molecular weight is 979 g/mol. The third-order valence-corrected chi connectivity index (χ3v) is 14.6. The number of halogens is 2. The van der Waals surface area contributed by atoms with Crippen LogP contribution in [0.4, 0.5) is 14.5 Å². The first-order chi connectivity index (χ1) is 33.6. The number of aromatic hydroxyl groups is 2. The second kappa shape index (κ2) is 19.6. The highest BCUT2D eigenvalue weighted by atomic mass is 19.1. The third-order valence-electron chi connectivity index (χ3n) is 14.6. The van der Waals surface area contributed by atoms with Gasteiger partial charge < -0.3 is 50.0 Å². The lowest BCUT2D eigenvalue weighted by atomic mass is 9.78. The number of carbonyl (C=O) groups is 3. The largest absolute Gasteiger partial charge is 0.507 e. The molecular formula is C54H60F2N4O11. The number of nitrogens with one attached hydrogen (secondary N) is 2. The number of piperidine rings is 1. The van der Waals surface area contributed by atoms with Crippen LogP contribution in [0.25, 0.3) is 10.8 Å². The Bertz CT molecular complexity index is 2940. The highest BCUT2D eigenvalue weighted by Gasteiger charge is 2.51. The molecule has 1 saturated heterocycles. The van der Waals surface area contributed by atoms with Crippen molar-refractivity contribution in [3.05, 3.63) is 129 Å². The summed E-state index contributed by atoms with van der Waals surface area (Å²) < 4.78 is 52.7. The molecule has 4 aromatic carbocycles. The summed E-state index contributed by atoms with van der Waals surface area (Å²) in [5, 5.41) is 53.8. The highest BCUT2D eigenvalue weighted by Crippen LogP contribution is 2.51. The molecule has 17 heteroatoms. The van der Waals surface area contributed by atoms with Crippen molar-refractivity contribution in [3.8, 4) is 17.2 Å². The molecule has 12 atom stereocenters. The number of methoxy groups -OCH3 is 1. The van der Waals surface area contributed by atoms with Gasteiger partial charge in [0.15, 0.2) is 11.4 Å². The number of phenols is 2. The van der Waals surface area contributed by atoms with Crippen LogP contribution in [-0.2, 0) is 23.8 Å². The number of ketones is 1. The van der Waals surface area contributed by atoms with Crippen molar-refractivity contribution < 1.29 is 62.5 Å². The number of hydrogen-bond acceptors (Lipinski definition) is 14. The van der Waals surface area contributed by atoms with Crippen LogP contribution in [0.1, 0.15) is 100 Å². The SMILES string of the molecule is CO[C@H]1/C=C\O[C@@]2(C)Oc3c(C)c(O)c4c(O)c(c5c(c4c3C2=O)=NC2(C[C@@H](c3ccc(F)cc3)N[C@@H](c3ccc(F)cc3)C2)N=5)NC(=O)/C(C)=C/C=C\[C@H](C)[C@H](O)[C@@H](C)[C@H](O)[C@H](C)[C@H](OC(C)=O)[C@@H]1C. The van der Waals surface area contributed by atoms with Crippen molar-refractivity contribution in [2.75, 3.05) is 12.4 Å². The van der Waals surface area contributed by atoms with Gasteiger partial charge in [-0.1, -0.05) is 70.2 Å². The van der Waals surface area contributed by atoms with Crippen molar-refractivity contribution >= 4 is 34.1 Å². The Morgan fingerprint density at radius 2 is 1.41 bits per heavy atom. The summed E-state index contributed by atoms with van der Waals surface area (Å²) in [6.07, 6.45) is 3.83. The topological polar surface area (TPSA) is 218 Å². The van der Waals surface area contributed by atoms with E-state index in [9.17, 15) is 38.8 Å². The molecule has 1 amide bonds. The van der Waals surface area contributed by atoms with Gasteiger partial charge in [0.2, 0.25) is 0 Å². The van der Waals surface area contributed by atoms with Gasteiger partial charge >= 0.3 is 11.8 Å². The monoisotopic (exact) mass is 978 g/mol. The fraction of sp³-hybridized carbons (Fsp3) is 0.426. The molecule has 4 bridgehead atoms. The molecule has 0 radical (unpaired) electrons. The molecule has 8 rings (SSSR count). The average Bonchev–Trinajstić information content (AvgIpc) is 3.83. The third kappa shape index (κ3) is 9.43. The number of phenolic OH excluding ortho intramolecular Hbond substituents is 2. The first-order valence-electron chi connectivity index (χ1n) is 23.7. The normalized spacial score (nSPS) is 32.7. The van der Waals surface area contributed by atoms with Crippen LogP contribution in [0.5, 0.6) is 17.2 Å². The number of Topliss-reactive ketones (excluding diaryl/α,β-unsaturated/α-hetero) is 1. The van der Waals surface area contributed by atoms with Crippen LogP contribution in [0.3, 0.4) is 0 Å². The van der Waals surface area contributed by atoms with Crippen LogP contribution < -0.4 is 26.1 Å². The quantitative estimate of drug-likeness (QED) is 0.0889. The number of benzene rings is 4. The van der Waals surface area contributed by atoms with E-state index in [0.29, 0.717) is 11.1 Å². The van der Waals surface area contributed by atoms with E-state index in [-0.39, 0.29) is 62.5 Å². The number of anilines is 1. The van der Waals surface area contributed by atoms with Crippen molar-refractivity contribution in [1.29, 1.82) is 0 Å². The number of carbonyl (C=O) groups excluding carboxylic acids is 3. The van der Waals surface area contributed by atoms with E-state index in [1.165, 1.54) is 77.5 Å². The van der Waals surface area contributed by atoms with E-state index >= 15 is 4.79 Å². The number of aliphatic hydroxyl groups is 2. The molecule has 4 aliphatic rings. The van der Waals surface area contributed by atoms with Crippen LogP contribution >= 0.6 is 0 Å². The summed E-state index contributed by atoms with van der Waals surface area (Å²) in [6.45, 7) is 12.6. The number of rotatable bonds is 4. The van der Waals surface area contributed by atoms with E-state index in [0.717, 1.165) is 0 Å². The van der Waals surface area contributed by atoms with Crippen molar-refractivity contribution in [1.82, 2.24) is 5.32 Å². The summed E-state index contributed by atoms with van der Waals surface area (Å²) in [6, 6.07) is 10.9. The number of esters is 1. The fourth-order valence-electron chi connectivity index (χ4n) is 10.5. The standard InChI is InChI=1S/C54H60F2N4O11/c1-25-11-10-12-26(2)52(67)58-44-43-42(59-54(60-43)23-36(32-13-17-34(55)18-14-32)57-37(24-54)33-15-19-35(56)20-16-33)39-40(48(44)65)47(64)30(6)50-41(39)51(66)53(8,71-50)69-22-21-38(68-9)27(3)49(70-31(7)61)29(5)46(63)28(4)45(25)62/h10-22,25,27-29,36-38,45-46,49,57,62-65H,23-24H2,1-9H3,(H,58,67)/b11-10-,22-21-,26-12+/t25-,27+,28+,29-,36-,37+,38-,45-,46-,49+,53-,54?/m0/s1. The maximum Gasteiger partial charge on any atom is 0.312 e. The first-order valence-corrected chi connectivity index (χ1v) is 23.7. The van der Waals surface area contributed by atoms with E-state index in [1.807, 2.05) is 0 Å². The predicted molar refractivity (Wildman–Crippen MR) is 258 cm³/mol. The van der Waals surface area contributed by atoms with Gasteiger partial charge in [-0.3, -0.25) is 24.4 Å². The molecule has 4 aliphatic heterocycles. The molecule has 0 saturated carbocycles. The lowest BCUT2D eigenvalue weighted by molar-refractivity contribution is -0.160. The van der Waals surface area contributed by atoms with Gasteiger partial charge in [-0.15, -0.1) is 0 Å². The number of amides is 1. The van der Waals surface area contributed by atoms with Gasteiger partial charge in [-0.2, -0.15) is 0 Å². The number of fused-ring (bicyclic) bond motifs is 1. The van der Waals surface area contributed by atoms with E-state index in [4.69, 9.17) is 28.9 Å². The minimum absolute atomic E-state index is 0.00390. The number of allylic oxidation sites excluding steroid dienone is 2. The maximum atomic E-state index is 15.0. The summed E-state index contributed by atoms with van der Waals surface area (Å²) in [7, 11) is 1.44. The van der Waals surface area contributed by atoms with Crippen LogP contribution in [-0.4, -0.2) is 81.1 Å². The molecular weight excluding hydrogens is 919 g/mol. The van der Waals surface area contributed by atoms with Gasteiger partial charge in [0.05, 0.1) is 40.9 Å². The molecule has 1 spiro atoms. The van der Waals surface area contributed by atoms with Gasteiger partial charge in [0, 0.05) is 86.1 Å². The lowest BCUT2D eigenvalue weighted by Gasteiger charge is -2.40. The molecule has 4 aromatic rings. The zero-order valence-electron chi connectivity index (χ0n) is 41.0. The molecule has 71 heavy (non-hydrogen) atoms. The van der Waals surface area contributed by atoms with Crippen LogP contribution in [0.2, 0.25) is 0 Å². The molecule has 0 aromatic heterocycles. The number of hydrogen-bond donors (Lipinski definition) is 6. The summed E-state index contributed by atoms with van der Waals surface area (Å²) in [5.74, 6) is -8.67. The van der Waals surface area contributed by atoms with E-state index in [2.05, 4.69) is 10.6 Å². The minimum atomic E-state index is -2.07. The number of ether oxygens (including phenoxy) is 4. The molecule has 4 heterocycles. The molecule has 6 N–H and O–H groups in total. The number of nitrogens with zero attached hydrogens (tertiary/aromatic N) is 2. The lowest BCUT2D eigenvalue weighted by Crippen LogP contribution is -2.46. The zero-order chi connectivity index (χ0) is 51.4. The molecule has 15 nitrogen and oxygen atoms in total. The Morgan fingerprint density at radius 3 is 1.99 bits per heavy atom. The summed E-state index contributed by atoms with van der Waals surface area (Å²) >= 11 is 0. The minimum Gasteiger partial charge on any atom is -0.507 e. The van der Waals surface area contributed by atoms with Gasteiger partial charge in [0.1, 0.15) is 40.3 Å². The van der Waals surface area contributed by atoms with Gasteiger partial charge in [-0.25, -0.2) is 8.78 Å². The number of aliphatic hydroxyl groups excluding tert-OH is 2. The first kappa shape index (κ1) is 50.8. The Morgan fingerprint density at radius 1 is 0.817 bits per heavy atom. The molecule has 1 unspecified atom stereocenters. The molecule has 376 valence electrons. The Hall–Kier alpha value is -6.53. The molecule has 0 aliphatic carbocycles. The summed E-state index contributed by atoms with van der Waals surface area (Å²) in [5.41, 5.74) is -0.0444. The van der Waals surface area contributed by atoms with Crippen molar-refractivity contribution in [2.45, 2.75) is 116 Å². The fourth-order valence-corrected chi connectivity index (χ4v) is 10.5. The Balaban J connectivity index is 1.34. The van der Waals surface area contributed by atoms with Crippen molar-refractivity contribution in [3.63, 3.8) is 0 Å². The zero-order valence-corrected chi connectivity index (χ0v) is 41.0.